The number of nitrogens with zero attached hydrogens (tertiary/aromatic N) is 1. The van der Waals surface area contributed by atoms with E-state index < -0.39 is 71.1 Å². The fraction of sp³-hybridized carbons (Fsp3) is 0.455. The van der Waals surface area contributed by atoms with Gasteiger partial charge >= 0.3 is 29.2 Å². The highest BCUT2D eigenvalue weighted by molar-refractivity contribution is 7.66. The van der Waals surface area contributed by atoms with E-state index in [1.165, 1.54) is 4.98 Å². The van der Waals surface area contributed by atoms with Crippen LogP contribution in [0.2, 0.25) is 0 Å². The van der Waals surface area contributed by atoms with Crippen LogP contribution in [-0.2, 0) is 31.6 Å². The Morgan fingerprint density at radius 1 is 1.28 bits per heavy atom. The maximum absolute atomic E-state index is 13.6. The lowest BCUT2D eigenvalue weighted by Gasteiger charge is -2.26. The molecule has 0 spiro atoms. The van der Waals surface area contributed by atoms with Gasteiger partial charge in [0, 0.05) is 0 Å². The summed E-state index contributed by atoms with van der Waals surface area (Å²) in [5.74, 6) is -0.0411. The number of H-pyrrole nitrogens is 1. The maximum atomic E-state index is 13.6. The molecule has 6 atom stereocenters. The molecule has 1 fully saturated rings. The summed E-state index contributed by atoms with van der Waals surface area (Å²) in [6.07, 6.45) is -2.29. The molecule has 1 aliphatic rings. The van der Waals surface area contributed by atoms with Crippen molar-refractivity contribution in [2.75, 3.05) is 6.56 Å². The van der Waals surface area contributed by atoms with Crippen molar-refractivity contribution in [1.29, 1.82) is 0 Å². The van der Waals surface area contributed by atoms with Crippen molar-refractivity contribution in [3.05, 3.63) is 32.9 Å². The predicted molar refractivity (Wildman–Crippen MR) is 94.8 cm³/mol. The Bertz CT molecular complexity index is 1270. The Kier molecular flexibility index (Phi) is 6.65. The zero-order valence-corrected chi connectivity index (χ0v) is 17.6. The summed E-state index contributed by atoms with van der Waals surface area (Å²) < 4.78 is 78.9. The van der Waals surface area contributed by atoms with Gasteiger partial charge in [0.1, 0.15) is 12.2 Å². The van der Waals surface area contributed by atoms with E-state index in [0.29, 0.717) is 0 Å². The number of aliphatic hydroxyl groups is 2. The van der Waals surface area contributed by atoms with Gasteiger partial charge in [0.15, 0.2) is 11.8 Å². The minimum Gasteiger partial charge on any atom is -0.386 e. The number of aromatic amines is 1. The molecule has 180 valence electrons. The van der Waals surface area contributed by atoms with Crippen molar-refractivity contribution >= 4 is 23.5 Å². The highest BCUT2D eigenvalue weighted by Gasteiger charge is 2.56. The normalized spacial score (nSPS) is 31.1. The van der Waals surface area contributed by atoms with Crippen molar-refractivity contribution in [2.45, 2.75) is 24.0 Å². The Balaban J connectivity index is 2.40. The molecule has 0 aliphatic carbocycles. The first kappa shape index (κ1) is 23.6. The second-order valence-corrected chi connectivity index (χ2v) is 10.1. The lowest BCUT2D eigenvalue weighted by Crippen LogP contribution is -2.48. The van der Waals surface area contributed by atoms with Gasteiger partial charge in [0.05, 0.1) is 15.5 Å². The summed E-state index contributed by atoms with van der Waals surface area (Å²) >= 11 is 0. The van der Waals surface area contributed by atoms with E-state index in [9.17, 15) is 42.8 Å². The summed E-state index contributed by atoms with van der Waals surface area (Å²) in [5, 5.41) is 20.9. The molecule has 17 nitrogen and oxygen atoms in total. The van der Waals surface area contributed by atoms with Gasteiger partial charge in [0.25, 0.3) is 5.56 Å². The number of ether oxygens (including phenoxy) is 1. The van der Waals surface area contributed by atoms with Crippen LogP contribution in [0.5, 0.6) is 0 Å². The smallest absolute Gasteiger partial charge is 0.386 e. The van der Waals surface area contributed by atoms with E-state index in [4.69, 9.17) is 28.6 Å². The van der Waals surface area contributed by atoms with Gasteiger partial charge in [-0.3, -0.25) is 18.9 Å². The number of nitrogens with one attached hydrogen (secondary N) is 1. The van der Waals surface area contributed by atoms with Gasteiger partial charge < -0.3 is 34.5 Å². The van der Waals surface area contributed by atoms with Crippen LogP contribution in [0.4, 0.5) is 4.39 Å². The second kappa shape index (κ2) is 9.01. The predicted octanol–water partition coefficient (Wildman–Crippen LogP) is -2.36. The number of aliphatic hydroxyl groups excluding tert-OH is 1. The minimum atomic E-state index is -6.12. The van der Waals surface area contributed by atoms with Crippen molar-refractivity contribution in [3.8, 4) is 12.3 Å². The summed E-state index contributed by atoms with van der Waals surface area (Å²) in [6.45, 7) is -3.80. The lowest BCUT2D eigenvalue weighted by molar-refractivity contribution is -0.0765. The third-order valence-corrected chi connectivity index (χ3v) is 7.16. The first-order valence-corrected chi connectivity index (χ1v) is 12.1. The number of hydrogen-bond donors (Lipinski definition) is 7. The van der Waals surface area contributed by atoms with E-state index in [1.807, 2.05) is 0 Å². The molecule has 2 heterocycles. The minimum absolute atomic E-state index is 0.112. The third kappa shape index (κ3) is 6.07. The molecule has 1 aliphatic heterocycles. The molecule has 7 N–H and O–H groups in total. The summed E-state index contributed by atoms with van der Waals surface area (Å²) in [5.41, 5.74) is -6.01. The molecular weight excluding hydrogens is 512 g/mol. The zero-order chi connectivity index (χ0) is 26.5. The highest BCUT2D eigenvalue weighted by atomic mass is 31.3. The first-order chi connectivity index (χ1) is 15.1. The molecule has 0 saturated carbocycles. The second-order valence-electron chi connectivity index (χ2n) is 5.77. The van der Waals surface area contributed by atoms with Crippen LogP contribution in [0.25, 0.3) is 0 Å². The van der Waals surface area contributed by atoms with Crippen molar-refractivity contribution in [1.82, 2.24) is 9.55 Å². The number of halogens is 1. The van der Waals surface area contributed by atoms with Gasteiger partial charge in [-0.25, -0.2) is 18.5 Å². The molecule has 32 heavy (non-hydrogen) atoms. The average molecular weight is 528 g/mol. The van der Waals surface area contributed by atoms with Gasteiger partial charge in [-0.15, -0.1) is 6.42 Å². The van der Waals surface area contributed by atoms with E-state index in [-0.39, 0.29) is 10.8 Å². The van der Waals surface area contributed by atoms with Crippen LogP contribution in [-0.4, -0.2) is 63.7 Å². The fourth-order valence-electron chi connectivity index (χ4n) is 2.27. The van der Waals surface area contributed by atoms with E-state index in [0.717, 1.165) is 0 Å². The molecule has 1 aromatic heterocycles. The van der Waals surface area contributed by atoms with Crippen molar-refractivity contribution < 1.29 is 68.5 Å². The van der Waals surface area contributed by atoms with Gasteiger partial charge in [-0.05, 0) is 0 Å². The van der Waals surface area contributed by atoms with E-state index in [1.54, 1.807) is 5.92 Å². The van der Waals surface area contributed by atoms with Crippen LogP contribution >= 0.6 is 23.5 Å². The molecule has 0 bridgehead atoms. The fourth-order valence-corrected chi connectivity index (χ4v) is 5.15. The number of terminal acetylenes is 1. The Morgan fingerprint density at radius 2 is 1.88 bits per heavy atom. The quantitative estimate of drug-likeness (QED) is 0.137. The standard InChI is InChI=1S/C11H14FN2O15P3/c1-2-11(18)7(15)6(27-9(11)14-3-5(12)8(16)13-10(14)17)4-26-31(22,23)29-32(24,25)28-30(19,20)21/h1,3,6-7,9,15,18H,4H2,(H,22,23)(H,24,25)(H,13,16,17)(H2,19,20,21)/t6-,7+,9-,11?/m1/s1/i4D2. The Labute approximate surface area is 178 Å². The molecule has 21 heteroatoms. The molecule has 1 saturated heterocycles. The number of aromatic nitrogens is 2. The monoisotopic (exact) mass is 528 g/mol. The molecule has 2 rings (SSSR count). The van der Waals surface area contributed by atoms with Crippen LogP contribution in [0.15, 0.2) is 15.8 Å². The molecular formula is C11H14FN2O15P3. The van der Waals surface area contributed by atoms with Crippen LogP contribution in [0.1, 0.15) is 8.97 Å². The number of phosphoric ester groups is 1. The summed E-state index contributed by atoms with van der Waals surface area (Å²) in [7, 11) is -17.9. The largest absolute Gasteiger partial charge is 0.490 e. The topological polar surface area (TPSA) is 264 Å². The number of hydrogen-bond acceptors (Lipinski definition) is 11. The van der Waals surface area contributed by atoms with Crippen molar-refractivity contribution in [3.63, 3.8) is 0 Å². The number of phosphoric acid groups is 3. The van der Waals surface area contributed by atoms with E-state index >= 15 is 0 Å². The number of rotatable bonds is 8. The molecule has 3 unspecified atom stereocenters. The molecule has 0 aromatic carbocycles. The zero-order valence-electron chi connectivity index (χ0n) is 16.9. The van der Waals surface area contributed by atoms with Crippen LogP contribution in [0, 0.1) is 18.2 Å². The third-order valence-electron chi connectivity index (χ3n) is 3.50. The molecule has 1 aromatic rings. The SMILES string of the molecule is [2H]C([2H])(OP(=O)(O)OP(=O)(O)OP(=O)(O)O)[C@H]1O[C@@H](n2cc(F)c(=O)[nH]c2=O)C(O)(C#C)[C@H]1O. The van der Waals surface area contributed by atoms with Gasteiger partial charge in [0.2, 0.25) is 5.82 Å². The Hall–Kier alpha value is -1.54. The Morgan fingerprint density at radius 3 is 2.41 bits per heavy atom. The summed E-state index contributed by atoms with van der Waals surface area (Å²) in [4.78, 5) is 60.3. The maximum Gasteiger partial charge on any atom is 0.490 e. The summed E-state index contributed by atoms with van der Waals surface area (Å²) in [6, 6.07) is 0. The highest BCUT2D eigenvalue weighted by Crippen LogP contribution is 2.66. The van der Waals surface area contributed by atoms with Gasteiger partial charge in [-0.1, -0.05) is 5.92 Å². The van der Waals surface area contributed by atoms with Crippen LogP contribution in [0.3, 0.4) is 0 Å². The average Bonchev–Trinajstić information content (AvgIpc) is 2.87. The van der Waals surface area contributed by atoms with Crippen molar-refractivity contribution in [2.24, 2.45) is 0 Å². The molecule has 0 radical (unpaired) electrons. The van der Waals surface area contributed by atoms with E-state index in [2.05, 4.69) is 13.1 Å². The first-order valence-electron chi connectivity index (χ1n) is 8.53. The molecule has 0 amide bonds. The van der Waals surface area contributed by atoms with Crippen LogP contribution < -0.4 is 11.2 Å². The van der Waals surface area contributed by atoms with Gasteiger partial charge in [-0.2, -0.15) is 13.0 Å². The lowest BCUT2D eigenvalue weighted by atomic mass is 9.95.